The van der Waals surface area contributed by atoms with E-state index in [2.05, 4.69) is 10.00 Å². The maximum atomic E-state index is 13.2. The molecule has 0 saturated carbocycles. The van der Waals surface area contributed by atoms with Gasteiger partial charge in [0.1, 0.15) is 0 Å². The van der Waals surface area contributed by atoms with Crippen LogP contribution in [0.4, 0.5) is 13.2 Å². The van der Waals surface area contributed by atoms with Gasteiger partial charge in [-0.05, 0) is 18.2 Å². The molecule has 1 fully saturated rings. The van der Waals surface area contributed by atoms with E-state index in [1.165, 1.54) is 22.9 Å². The first-order valence-electron chi connectivity index (χ1n) is 8.40. The summed E-state index contributed by atoms with van der Waals surface area (Å²) in [6, 6.07) is 6.84. The number of nitrogens with zero attached hydrogens (tertiary/aromatic N) is 3. The van der Waals surface area contributed by atoms with Crippen LogP contribution in [0.2, 0.25) is 0 Å². The molecule has 1 saturated heterocycles. The van der Waals surface area contributed by atoms with Crippen LogP contribution >= 0.6 is 0 Å². The molecule has 1 aliphatic heterocycles. The Balaban J connectivity index is 1.94. The van der Waals surface area contributed by atoms with Crippen LogP contribution in [0.15, 0.2) is 35.2 Å². The highest BCUT2D eigenvalue weighted by molar-refractivity contribution is 7.90. The molecule has 1 aliphatic rings. The highest BCUT2D eigenvalue weighted by Crippen LogP contribution is 2.32. The minimum absolute atomic E-state index is 0.0505. The first-order chi connectivity index (χ1) is 12.6. The lowest BCUT2D eigenvalue weighted by Crippen LogP contribution is -2.38. The van der Waals surface area contributed by atoms with Gasteiger partial charge < -0.3 is 4.74 Å². The molecule has 0 unspecified atom stereocenters. The predicted octanol–water partition coefficient (Wildman–Crippen LogP) is 2.30. The molecular weight excluding hydrogens is 383 g/mol. The van der Waals surface area contributed by atoms with Crippen LogP contribution in [0, 0.1) is 0 Å². The largest absolute Gasteiger partial charge is 0.435 e. The molecule has 0 amide bonds. The van der Waals surface area contributed by atoms with Gasteiger partial charge in [-0.15, -0.1) is 0 Å². The number of sulfone groups is 1. The summed E-state index contributed by atoms with van der Waals surface area (Å²) in [5.41, 5.74) is -0.381. The molecule has 10 heteroatoms. The fourth-order valence-electron chi connectivity index (χ4n) is 2.91. The second-order valence-electron chi connectivity index (χ2n) is 6.39. The molecule has 2 heterocycles. The maximum absolute atomic E-state index is 13.2. The van der Waals surface area contributed by atoms with Crippen molar-refractivity contribution in [2.24, 2.45) is 0 Å². The van der Waals surface area contributed by atoms with Crippen molar-refractivity contribution < 1.29 is 26.3 Å². The fourth-order valence-corrected chi connectivity index (χ4v) is 3.57. The number of hydrogen-bond donors (Lipinski definition) is 0. The normalized spacial score (nSPS) is 16.6. The molecule has 6 nitrogen and oxygen atoms in total. The third-order valence-electron chi connectivity index (χ3n) is 4.36. The molecule has 1 aromatic carbocycles. The van der Waals surface area contributed by atoms with Crippen molar-refractivity contribution in [2.75, 3.05) is 39.1 Å². The number of morpholine rings is 1. The van der Waals surface area contributed by atoms with Gasteiger partial charge in [-0.3, -0.25) is 9.58 Å². The number of rotatable bonds is 5. The highest BCUT2D eigenvalue weighted by atomic mass is 32.2. The molecule has 27 heavy (non-hydrogen) atoms. The Morgan fingerprint density at radius 3 is 2.48 bits per heavy atom. The zero-order valence-corrected chi connectivity index (χ0v) is 15.6. The topological polar surface area (TPSA) is 64.4 Å². The Kier molecular flexibility index (Phi) is 5.59. The van der Waals surface area contributed by atoms with E-state index in [4.69, 9.17) is 4.74 Å². The van der Waals surface area contributed by atoms with Gasteiger partial charge in [0.15, 0.2) is 15.5 Å². The second-order valence-corrected chi connectivity index (χ2v) is 8.41. The van der Waals surface area contributed by atoms with Gasteiger partial charge >= 0.3 is 6.18 Å². The van der Waals surface area contributed by atoms with Crippen LogP contribution in [0.25, 0.3) is 11.3 Å². The van der Waals surface area contributed by atoms with Crippen LogP contribution in [-0.4, -0.2) is 62.2 Å². The fraction of sp³-hybridized carbons (Fsp3) is 0.471. The number of alkyl halides is 3. The maximum Gasteiger partial charge on any atom is 0.435 e. The van der Waals surface area contributed by atoms with E-state index in [0.717, 1.165) is 12.3 Å². The second kappa shape index (κ2) is 7.61. The van der Waals surface area contributed by atoms with Crippen molar-refractivity contribution in [1.82, 2.24) is 14.7 Å². The number of halogens is 3. The minimum Gasteiger partial charge on any atom is -0.379 e. The van der Waals surface area contributed by atoms with Gasteiger partial charge in [0.2, 0.25) is 0 Å². The standard InChI is InChI=1S/C17H20F3N3O3S/c1-27(24,25)14-4-2-3-13(11-14)15-12-16(17(18,19)20)21-23(15)6-5-22-7-9-26-10-8-22/h2-4,11-12H,5-10H2,1H3. The summed E-state index contributed by atoms with van der Waals surface area (Å²) in [5.74, 6) is 0. The summed E-state index contributed by atoms with van der Waals surface area (Å²) in [7, 11) is -3.47. The Morgan fingerprint density at radius 2 is 1.85 bits per heavy atom. The van der Waals surface area contributed by atoms with E-state index >= 15 is 0 Å². The van der Waals surface area contributed by atoms with Crippen LogP contribution in [0.1, 0.15) is 5.69 Å². The molecule has 0 N–H and O–H groups in total. The SMILES string of the molecule is CS(=O)(=O)c1cccc(-c2cc(C(F)(F)F)nn2CCN2CCOCC2)c1. The number of ether oxygens (including phenoxy) is 1. The van der Waals surface area contributed by atoms with Crippen molar-refractivity contribution in [3.8, 4) is 11.3 Å². The summed E-state index contributed by atoms with van der Waals surface area (Å²) >= 11 is 0. The van der Waals surface area contributed by atoms with Gasteiger partial charge in [0.05, 0.1) is 30.3 Å². The van der Waals surface area contributed by atoms with Crippen LogP contribution in [0.3, 0.4) is 0 Å². The van der Waals surface area contributed by atoms with E-state index in [0.29, 0.717) is 38.4 Å². The highest BCUT2D eigenvalue weighted by Gasteiger charge is 2.35. The van der Waals surface area contributed by atoms with Crippen LogP contribution in [-0.2, 0) is 27.3 Å². The predicted molar refractivity (Wildman–Crippen MR) is 93.0 cm³/mol. The lowest BCUT2D eigenvalue weighted by molar-refractivity contribution is -0.141. The molecular formula is C17H20F3N3O3S. The molecule has 148 valence electrons. The van der Waals surface area contributed by atoms with Crippen molar-refractivity contribution in [1.29, 1.82) is 0 Å². The Morgan fingerprint density at radius 1 is 1.15 bits per heavy atom. The molecule has 0 aliphatic carbocycles. The van der Waals surface area contributed by atoms with Gasteiger partial charge in [-0.25, -0.2) is 8.42 Å². The number of aromatic nitrogens is 2. The number of benzene rings is 1. The summed E-state index contributed by atoms with van der Waals surface area (Å²) in [6.07, 6.45) is -3.52. The average Bonchev–Trinajstić information content (AvgIpc) is 3.05. The smallest absolute Gasteiger partial charge is 0.379 e. The third kappa shape index (κ3) is 4.88. The van der Waals surface area contributed by atoms with Gasteiger partial charge in [0.25, 0.3) is 0 Å². The quantitative estimate of drug-likeness (QED) is 0.767. The van der Waals surface area contributed by atoms with E-state index < -0.39 is 21.7 Å². The van der Waals surface area contributed by atoms with E-state index in [1.54, 1.807) is 6.07 Å². The third-order valence-corrected chi connectivity index (χ3v) is 5.47. The average molecular weight is 403 g/mol. The molecule has 0 spiro atoms. The van der Waals surface area contributed by atoms with Crippen LogP contribution in [0.5, 0.6) is 0 Å². The minimum atomic E-state index is -4.58. The summed E-state index contributed by atoms with van der Waals surface area (Å²) in [5, 5.41) is 3.72. The number of hydrogen-bond acceptors (Lipinski definition) is 5. The van der Waals surface area contributed by atoms with E-state index in [-0.39, 0.29) is 17.1 Å². The van der Waals surface area contributed by atoms with Gasteiger partial charge in [-0.1, -0.05) is 12.1 Å². The molecule has 0 atom stereocenters. The van der Waals surface area contributed by atoms with E-state index in [9.17, 15) is 21.6 Å². The van der Waals surface area contributed by atoms with Crippen molar-refractivity contribution in [3.05, 3.63) is 36.0 Å². The zero-order chi connectivity index (χ0) is 19.7. The molecule has 0 bridgehead atoms. The summed E-state index contributed by atoms with van der Waals surface area (Å²) < 4.78 is 69.6. The van der Waals surface area contributed by atoms with Crippen LogP contribution < -0.4 is 0 Å². The van der Waals surface area contributed by atoms with Gasteiger partial charge in [0, 0.05) is 31.5 Å². The first-order valence-corrected chi connectivity index (χ1v) is 10.3. The zero-order valence-electron chi connectivity index (χ0n) is 14.7. The molecule has 0 radical (unpaired) electrons. The van der Waals surface area contributed by atoms with Crippen molar-refractivity contribution >= 4 is 9.84 Å². The summed E-state index contributed by atoms with van der Waals surface area (Å²) in [4.78, 5) is 2.14. The first kappa shape index (κ1) is 19.8. The van der Waals surface area contributed by atoms with Gasteiger partial charge in [-0.2, -0.15) is 18.3 Å². The molecule has 2 aromatic rings. The Bertz CT molecular complexity index is 904. The lowest BCUT2D eigenvalue weighted by atomic mass is 10.1. The summed E-state index contributed by atoms with van der Waals surface area (Å²) in [6.45, 7) is 3.40. The molecule has 1 aromatic heterocycles. The lowest BCUT2D eigenvalue weighted by Gasteiger charge is -2.26. The van der Waals surface area contributed by atoms with Crippen molar-refractivity contribution in [3.63, 3.8) is 0 Å². The monoisotopic (exact) mass is 403 g/mol. The van der Waals surface area contributed by atoms with Crippen molar-refractivity contribution in [2.45, 2.75) is 17.6 Å². The molecule has 3 rings (SSSR count). The van der Waals surface area contributed by atoms with E-state index in [1.807, 2.05) is 0 Å². The Labute approximate surface area is 155 Å². The Hall–Kier alpha value is -1.91.